The third-order valence-electron chi connectivity index (χ3n) is 2.18. The van der Waals surface area contributed by atoms with Crippen molar-refractivity contribution in [3.8, 4) is 6.07 Å². The third-order valence-corrected chi connectivity index (χ3v) is 2.90. The van der Waals surface area contributed by atoms with Gasteiger partial charge in [0.1, 0.15) is 6.04 Å². The fourth-order valence-corrected chi connectivity index (χ4v) is 1.62. The van der Waals surface area contributed by atoms with Crippen molar-refractivity contribution in [1.82, 2.24) is 5.32 Å². The number of hydrogen-bond acceptors (Lipinski definition) is 2. The van der Waals surface area contributed by atoms with Gasteiger partial charge in [0, 0.05) is 3.57 Å². The maximum atomic E-state index is 11.6. The molecule has 0 saturated carbocycles. The lowest BCUT2D eigenvalue weighted by Crippen LogP contribution is -2.34. The highest BCUT2D eigenvalue weighted by Gasteiger charge is 2.09. The molecule has 1 aromatic carbocycles. The summed E-state index contributed by atoms with van der Waals surface area (Å²) in [7, 11) is 0. The topological polar surface area (TPSA) is 52.9 Å². The Morgan fingerprint density at radius 2 is 2.12 bits per heavy atom. The molecule has 4 heteroatoms. The van der Waals surface area contributed by atoms with Gasteiger partial charge >= 0.3 is 0 Å². The molecule has 0 heterocycles. The molecule has 1 amide bonds. The molecule has 1 rings (SSSR count). The second-order valence-corrected chi connectivity index (χ2v) is 4.71. The highest BCUT2D eigenvalue weighted by Crippen LogP contribution is 2.07. The van der Waals surface area contributed by atoms with Gasteiger partial charge in [-0.25, -0.2) is 0 Å². The van der Waals surface area contributed by atoms with E-state index in [0.29, 0.717) is 12.8 Å². The van der Waals surface area contributed by atoms with Gasteiger partial charge in [0.05, 0.1) is 12.5 Å². The van der Waals surface area contributed by atoms with E-state index in [0.717, 1.165) is 9.13 Å². The van der Waals surface area contributed by atoms with Crippen LogP contribution in [0.1, 0.15) is 18.9 Å². The lowest BCUT2D eigenvalue weighted by atomic mass is 10.1. The van der Waals surface area contributed by atoms with Gasteiger partial charge in [-0.2, -0.15) is 5.26 Å². The second-order valence-electron chi connectivity index (χ2n) is 3.46. The number of amides is 1. The summed E-state index contributed by atoms with van der Waals surface area (Å²) >= 11 is 2.22. The number of carbonyl (C=O) groups excluding carboxylic acids is 1. The van der Waals surface area contributed by atoms with Gasteiger partial charge in [-0.15, -0.1) is 0 Å². The molecule has 0 radical (unpaired) electrons. The van der Waals surface area contributed by atoms with Gasteiger partial charge in [0.15, 0.2) is 0 Å². The van der Waals surface area contributed by atoms with E-state index in [4.69, 9.17) is 5.26 Å². The molecule has 84 valence electrons. The average Bonchev–Trinajstić information content (AvgIpc) is 2.29. The summed E-state index contributed by atoms with van der Waals surface area (Å²) < 4.78 is 1.14. The Kier molecular flexibility index (Phi) is 5.26. The quantitative estimate of drug-likeness (QED) is 0.862. The van der Waals surface area contributed by atoms with Crippen molar-refractivity contribution in [2.45, 2.75) is 25.8 Å². The van der Waals surface area contributed by atoms with E-state index in [1.807, 2.05) is 37.3 Å². The van der Waals surface area contributed by atoms with Gasteiger partial charge in [0.2, 0.25) is 5.91 Å². The summed E-state index contributed by atoms with van der Waals surface area (Å²) in [4.78, 5) is 11.6. The maximum absolute atomic E-state index is 11.6. The van der Waals surface area contributed by atoms with Crippen molar-refractivity contribution in [3.05, 3.63) is 33.4 Å². The molecule has 0 fully saturated rings. The molecule has 0 spiro atoms. The van der Waals surface area contributed by atoms with Crippen LogP contribution in [-0.4, -0.2) is 11.9 Å². The zero-order chi connectivity index (χ0) is 12.0. The smallest absolute Gasteiger partial charge is 0.225 e. The van der Waals surface area contributed by atoms with Crippen LogP contribution in [0.2, 0.25) is 0 Å². The minimum Gasteiger partial charge on any atom is -0.340 e. The van der Waals surface area contributed by atoms with Crippen molar-refractivity contribution in [2.24, 2.45) is 0 Å². The lowest BCUT2D eigenvalue weighted by Gasteiger charge is -2.08. The molecule has 16 heavy (non-hydrogen) atoms. The van der Waals surface area contributed by atoms with Crippen LogP contribution in [0.25, 0.3) is 0 Å². The zero-order valence-electron chi connectivity index (χ0n) is 9.03. The second kappa shape index (κ2) is 6.48. The van der Waals surface area contributed by atoms with Crippen LogP contribution >= 0.6 is 22.6 Å². The van der Waals surface area contributed by atoms with Crippen LogP contribution in [0.3, 0.4) is 0 Å². The molecule has 0 unspecified atom stereocenters. The predicted molar refractivity (Wildman–Crippen MR) is 70.7 cm³/mol. The molecule has 1 N–H and O–H groups in total. The Hall–Kier alpha value is -1.09. The summed E-state index contributed by atoms with van der Waals surface area (Å²) in [5, 5.41) is 11.4. The van der Waals surface area contributed by atoms with Crippen LogP contribution in [0.4, 0.5) is 0 Å². The fourth-order valence-electron chi connectivity index (χ4n) is 1.26. The first-order chi connectivity index (χ1) is 7.65. The van der Waals surface area contributed by atoms with Crippen LogP contribution < -0.4 is 5.32 Å². The van der Waals surface area contributed by atoms with E-state index in [1.54, 1.807) is 0 Å². The van der Waals surface area contributed by atoms with Crippen LogP contribution in [0, 0.1) is 14.9 Å². The molecule has 0 bridgehead atoms. The molecular weight excluding hydrogens is 315 g/mol. The number of carbonyl (C=O) groups is 1. The van der Waals surface area contributed by atoms with E-state index >= 15 is 0 Å². The van der Waals surface area contributed by atoms with Crippen molar-refractivity contribution in [3.63, 3.8) is 0 Å². The third kappa shape index (κ3) is 4.19. The van der Waals surface area contributed by atoms with Crippen molar-refractivity contribution < 1.29 is 4.79 Å². The van der Waals surface area contributed by atoms with E-state index in [1.165, 1.54) is 0 Å². The molecule has 0 aliphatic heterocycles. The van der Waals surface area contributed by atoms with E-state index in [2.05, 4.69) is 27.9 Å². The first kappa shape index (κ1) is 13.0. The van der Waals surface area contributed by atoms with E-state index in [-0.39, 0.29) is 11.9 Å². The van der Waals surface area contributed by atoms with Gasteiger partial charge in [0.25, 0.3) is 0 Å². The predicted octanol–water partition coefficient (Wildman–Crippen LogP) is 2.25. The summed E-state index contributed by atoms with van der Waals surface area (Å²) in [6, 6.07) is 9.44. The molecule has 1 aromatic rings. The SMILES string of the molecule is CC[C@H](C#N)NC(=O)Cc1ccc(I)cc1. The first-order valence-corrected chi connectivity index (χ1v) is 6.17. The minimum absolute atomic E-state index is 0.102. The molecule has 0 aliphatic carbocycles. The van der Waals surface area contributed by atoms with Gasteiger partial charge in [-0.3, -0.25) is 4.79 Å². The molecule has 1 atom stereocenters. The van der Waals surface area contributed by atoms with E-state index < -0.39 is 0 Å². The summed E-state index contributed by atoms with van der Waals surface area (Å²) in [5.41, 5.74) is 0.964. The van der Waals surface area contributed by atoms with Crippen LogP contribution in [-0.2, 0) is 11.2 Å². The monoisotopic (exact) mass is 328 g/mol. The number of hydrogen-bond donors (Lipinski definition) is 1. The normalized spacial score (nSPS) is 11.6. The number of rotatable bonds is 4. The molecule has 0 aliphatic rings. The van der Waals surface area contributed by atoms with E-state index in [9.17, 15) is 4.79 Å². The molecule has 3 nitrogen and oxygen atoms in total. The van der Waals surface area contributed by atoms with Crippen LogP contribution in [0.15, 0.2) is 24.3 Å². The number of halogens is 1. The maximum Gasteiger partial charge on any atom is 0.225 e. The Morgan fingerprint density at radius 3 is 2.62 bits per heavy atom. The molecule has 0 saturated heterocycles. The number of nitriles is 1. The number of nitrogens with zero attached hydrogens (tertiary/aromatic N) is 1. The molecular formula is C12H13IN2O. The summed E-state index contributed by atoms with van der Waals surface area (Å²) in [6.07, 6.45) is 0.962. The Labute approximate surface area is 109 Å². The Morgan fingerprint density at radius 1 is 1.50 bits per heavy atom. The average molecular weight is 328 g/mol. The van der Waals surface area contributed by atoms with Crippen molar-refractivity contribution in [2.75, 3.05) is 0 Å². The lowest BCUT2D eigenvalue weighted by molar-refractivity contribution is -0.120. The fraction of sp³-hybridized carbons (Fsp3) is 0.333. The zero-order valence-corrected chi connectivity index (χ0v) is 11.2. The Balaban J connectivity index is 2.52. The van der Waals surface area contributed by atoms with Gasteiger partial charge in [-0.1, -0.05) is 19.1 Å². The van der Waals surface area contributed by atoms with Crippen molar-refractivity contribution >= 4 is 28.5 Å². The highest BCUT2D eigenvalue weighted by atomic mass is 127. The summed E-state index contributed by atoms with van der Waals surface area (Å²) in [5.74, 6) is -0.102. The highest BCUT2D eigenvalue weighted by molar-refractivity contribution is 14.1. The first-order valence-electron chi connectivity index (χ1n) is 5.09. The van der Waals surface area contributed by atoms with Crippen LogP contribution in [0.5, 0.6) is 0 Å². The number of nitrogens with one attached hydrogen (secondary N) is 1. The van der Waals surface area contributed by atoms with Crippen molar-refractivity contribution in [1.29, 1.82) is 5.26 Å². The number of benzene rings is 1. The Bertz CT molecular complexity index is 394. The minimum atomic E-state index is -0.378. The largest absolute Gasteiger partial charge is 0.340 e. The van der Waals surface area contributed by atoms with Gasteiger partial charge in [-0.05, 0) is 46.7 Å². The standard InChI is InChI=1S/C12H13IN2O/c1-2-11(8-14)15-12(16)7-9-3-5-10(13)6-4-9/h3-6,11H,2,7H2,1H3,(H,15,16)/t11-/m1/s1. The van der Waals surface area contributed by atoms with Gasteiger partial charge < -0.3 is 5.32 Å². The molecule has 0 aromatic heterocycles. The summed E-state index contributed by atoms with van der Waals surface area (Å²) in [6.45, 7) is 1.87.